The number of fused-ring (bicyclic) bond motifs is 1. The number of anilines is 1. The molecule has 2 aromatic carbocycles. The Morgan fingerprint density at radius 3 is 2.62 bits per heavy atom. The van der Waals surface area contributed by atoms with E-state index in [1.54, 1.807) is 0 Å². The van der Waals surface area contributed by atoms with Crippen molar-refractivity contribution in [2.24, 2.45) is 0 Å². The van der Waals surface area contributed by atoms with Crippen molar-refractivity contribution in [1.82, 2.24) is 10.4 Å². The van der Waals surface area contributed by atoms with Crippen LogP contribution in [-0.4, -0.2) is 25.1 Å². The number of sulfone groups is 1. The Labute approximate surface area is 160 Å². The molecule has 0 aliphatic rings. The zero-order chi connectivity index (χ0) is 18.7. The molecule has 0 aliphatic carbocycles. The highest BCUT2D eigenvalue weighted by Crippen LogP contribution is 2.26. The minimum atomic E-state index is -3.74. The van der Waals surface area contributed by atoms with Crippen molar-refractivity contribution in [2.45, 2.75) is 18.2 Å². The molecule has 0 aliphatic heterocycles. The summed E-state index contributed by atoms with van der Waals surface area (Å²) in [6, 6.07) is 11.7. The Hall–Kier alpha value is -2.16. The summed E-state index contributed by atoms with van der Waals surface area (Å²) < 4.78 is 25.5. The third-order valence-corrected chi connectivity index (χ3v) is 6.48. The Morgan fingerprint density at radius 1 is 1.19 bits per heavy atom. The number of hydrogen-bond donors (Lipinski definition) is 2. The predicted octanol–water partition coefficient (Wildman–Crippen LogP) is 3.43. The molecule has 1 amide bonds. The summed E-state index contributed by atoms with van der Waals surface area (Å²) in [6.45, 7) is 2.07. The van der Waals surface area contributed by atoms with Crippen molar-refractivity contribution < 1.29 is 13.2 Å². The number of aryl methyl sites for hydroxylation is 1. The van der Waals surface area contributed by atoms with Crippen LogP contribution in [0, 0.1) is 0 Å². The number of thiazole rings is 1. The number of carbonyl (C=O) groups is 1. The van der Waals surface area contributed by atoms with E-state index < -0.39 is 21.5 Å². The largest absolute Gasteiger partial charge is 0.273 e. The third kappa shape index (κ3) is 4.32. The number of nitrogens with zero attached hydrogens (tertiary/aromatic N) is 1. The number of aromatic nitrogens is 1. The summed E-state index contributed by atoms with van der Waals surface area (Å²) in [7, 11) is -3.74. The van der Waals surface area contributed by atoms with Gasteiger partial charge in [0, 0.05) is 5.02 Å². The number of benzene rings is 2. The van der Waals surface area contributed by atoms with E-state index in [1.807, 2.05) is 18.2 Å². The van der Waals surface area contributed by atoms with E-state index in [9.17, 15) is 13.2 Å². The minimum absolute atomic E-state index is 0.0455. The summed E-state index contributed by atoms with van der Waals surface area (Å²) in [6.07, 6.45) is 0.926. The maximum Gasteiger partial charge on any atom is 0.253 e. The molecular formula is C17H16ClN3O3S2. The highest BCUT2D eigenvalue weighted by molar-refractivity contribution is 7.92. The summed E-state index contributed by atoms with van der Waals surface area (Å²) in [4.78, 5) is 16.4. The van der Waals surface area contributed by atoms with Crippen LogP contribution in [0.3, 0.4) is 0 Å². The van der Waals surface area contributed by atoms with Gasteiger partial charge in [-0.15, -0.1) is 0 Å². The molecule has 26 heavy (non-hydrogen) atoms. The molecule has 0 fully saturated rings. The first-order valence-corrected chi connectivity index (χ1v) is 10.6. The number of carbonyl (C=O) groups excluding carboxylic acids is 1. The third-order valence-electron chi connectivity index (χ3n) is 3.66. The molecule has 3 aromatic rings. The van der Waals surface area contributed by atoms with Gasteiger partial charge in [-0.25, -0.2) is 13.4 Å². The average molecular weight is 410 g/mol. The zero-order valence-electron chi connectivity index (χ0n) is 13.8. The fraction of sp³-hybridized carbons (Fsp3) is 0.176. The molecule has 0 spiro atoms. The normalized spacial score (nSPS) is 11.5. The van der Waals surface area contributed by atoms with Crippen molar-refractivity contribution in [2.75, 3.05) is 11.2 Å². The highest BCUT2D eigenvalue weighted by atomic mass is 35.5. The maximum absolute atomic E-state index is 12.2. The van der Waals surface area contributed by atoms with E-state index in [-0.39, 0.29) is 4.90 Å². The smallest absolute Gasteiger partial charge is 0.253 e. The van der Waals surface area contributed by atoms with E-state index in [0.717, 1.165) is 16.6 Å². The van der Waals surface area contributed by atoms with Gasteiger partial charge in [-0.05, 0) is 48.4 Å². The van der Waals surface area contributed by atoms with Crippen LogP contribution in [0.4, 0.5) is 5.13 Å². The van der Waals surface area contributed by atoms with E-state index in [1.165, 1.54) is 41.2 Å². The maximum atomic E-state index is 12.2. The number of nitrogens with one attached hydrogen (secondary N) is 2. The van der Waals surface area contributed by atoms with E-state index >= 15 is 0 Å². The lowest BCUT2D eigenvalue weighted by molar-refractivity contribution is -0.118. The summed E-state index contributed by atoms with van der Waals surface area (Å²) >= 11 is 7.13. The number of amides is 1. The van der Waals surface area contributed by atoms with Gasteiger partial charge in [0.15, 0.2) is 9.84 Å². The molecule has 0 unspecified atom stereocenters. The van der Waals surface area contributed by atoms with Gasteiger partial charge in [-0.2, -0.15) is 0 Å². The predicted molar refractivity (Wildman–Crippen MR) is 104 cm³/mol. The van der Waals surface area contributed by atoms with Crippen LogP contribution in [0.15, 0.2) is 47.4 Å². The molecule has 9 heteroatoms. The van der Waals surface area contributed by atoms with Crippen molar-refractivity contribution in [1.29, 1.82) is 0 Å². The molecule has 2 N–H and O–H groups in total. The van der Waals surface area contributed by atoms with Gasteiger partial charge < -0.3 is 0 Å². The fourth-order valence-corrected chi connectivity index (χ4v) is 4.44. The Bertz CT molecular complexity index is 1050. The summed E-state index contributed by atoms with van der Waals surface area (Å²) in [5.74, 6) is -1.35. The van der Waals surface area contributed by atoms with Crippen molar-refractivity contribution in [3.63, 3.8) is 0 Å². The lowest BCUT2D eigenvalue weighted by Crippen LogP contribution is -2.34. The molecule has 1 aromatic heterocycles. The molecule has 3 rings (SSSR count). The van der Waals surface area contributed by atoms with Crippen LogP contribution in [-0.2, 0) is 21.1 Å². The van der Waals surface area contributed by atoms with Gasteiger partial charge in [0.25, 0.3) is 5.91 Å². The van der Waals surface area contributed by atoms with Gasteiger partial charge >= 0.3 is 0 Å². The Kier molecular flexibility index (Phi) is 5.45. The van der Waals surface area contributed by atoms with Gasteiger partial charge in [0.05, 0.1) is 15.1 Å². The van der Waals surface area contributed by atoms with Gasteiger partial charge in [-0.1, -0.05) is 35.9 Å². The van der Waals surface area contributed by atoms with E-state index in [0.29, 0.717) is 10.2 Å². The molecule has 0 bridgehead atoms. The summed E-state index contributed by atoms with van der Waals surface area (Å²) in [5.41, 5.74) is 7.07. The number of rotatable bonds is 6. The molecule has 0 radical (unpaired) electrons. The Morgan fingerprint density at radius 2 is 1.92 bits per heavy atom. The first kappa shape index (κ1) is 18.6. The van der Waals surface area contributed by atoms with Crippen molar-refractivity contribution in [3.05, 3.63) is 53.1 Å². The first-order chi connectivity index (χ1) is 12.4. The second-order valence-corrected chi connectivity index (χ2v) is 9.02. The fourth-order valence-electron chi connectivity index (χ4n) is 2.30. The standard InChI is InChI=1S/C17H16ClN3O3S2/c1-2-11-3-8-14-15(9-11)25-17(19-14)21-20-16(22)10-26(23,24)13-6-4-12(18)5-7-13/h3-9H,2,10H2,1H3,(H,19,21)(H,20,22). The number of hydrogen-bond acceptors (Lipinski definition) is 6. The van der Waals surface area contributed by atoms with E-state index in [2.05, 4.69) is 22.8 Å². The second kappa shape index (κ2) is 7.61. The van der Waals surface area contributed by atoms with Crippen LogP contribution in [0.2, 0.25) is 5.02 Å². The van der Waals surface area contributed by atoms with Crippen LogP contribution in [0.25, 0.3) is 10.2 Å². The average Bonchev–Trinajstić information content (AvgIpc) is 3.02. The topological polar surface area (TPSA) is 88.2 Å². The molecule has 0 saturated heterocycles. The molecule has 0 atom stereocenters. The Balaban J connectivity index is 1.64. The lowest BCUT2D eigenvalue weighted by atomic mass is 10.2. The molecule has 136 valence electrons. The molecule has 6 nitrogen and oxygen atoms in total. The SMILES string of the molecule is CCc1ccc2nc(NNC(=O)CS(=O)(=O)c3ccc(Cl)cc3)sc2c1. The highest BCUT2D eigenvalue weighted by Gasteiger charge is 2.19. The first-order valence-electron chi connectivity index (χ1n) is 7.80. The van der Waals surface area contributed by atoms with Crippen molar-refractivity contribution in [3.8, 4) is 0 Å². The summed E-state index contributed by atoms with van der Waals surface area (Å²) in [5, 5.41) is 0.919. The molecule has 1 heterocycles. The molecule has 0 saturated carbocycles. The van der Waals surface area contributed by atoms with Gasteiger partial charge in [-0.3, -0.25) is 15.6 Å². The monoisotopic (exact) mass is 409 g/mol. The number of hydrazine groups is 1. The molecular weight excluding hydrogens is 394 g/mol. The van der Waals surface area contributed by atoms with E-state index in [4.69, 9.17) is 11.6 Å². The van der Waals surface area contributed by atoms with Crippen LogP contribution in [0.5, 0.6) is 0 Å². The number of halogens is 1. The van der Waals surface area contributed by atoms with Gasteiger partial charge in [0.2, 0.25) is 5.13 Å². The second-order valence-electron chi connectivity index (χ2n) is 5.56. The zero-order valence-corrected chi connectivity index (χ0v) is 16.2. The van der Waals surface area contributed by atoms with Crippen molar-refractivity contribution >= 4 is 54.0 Å². The van der Waals surface area contributed by atoms with Crippen LogP contribution in [0.1, 0.15) is 12.5 Å². The lowest BCUT2D eigenvalue weighted by Gasteiger charge is -2.06. The van der Waals surface area contributed by atoms with Crippen LogP contribution < -0.4 is 10.9 Å². The minimum Gasteiger partial charge on any atom is -0.273 e. The van der Waals surface area contributed by atoms with Gasteiger partial charge in [0.1, 0.15) is 5.75 Å². The quantitative estimate of drug-likeness (QED) is 0.609. The van der Waals surface area contributed by atoms with Crippen LogP contribution >= 0.6 is 22.9 Å².